The molecule has 66 valence electrons. The van der Waals surface area contributed by atoms with E-state index in [0.717, 1.165) is 0 Å². The van der Waals surface area contributed by atoms with Crippen molar-refractivity contribution in [1.82, 2.24) is 0 Å². The van der Waals surface area contributed by atoms with E-state index in [1.54, 1.807) is 6.92 Å². The topological polar surface area (TPSA) is 52.3 Å². The zero-order valence-electron chi connectivity index (χ0n) is 7.89. The smallest absolute Gasteiger partial charge is 0.326 e. The first kappa shape index (κ1) is 10.4. The van der Waals surface area contributed by atoms with Crippen molar-refractivity contribution >= 4 is 5.97 Å². The van der Waals surface area contributed by atoms with Crippen LogP contribution in [-0.2, 0) is 9.53 Å². The lowest BCUT2D eigenvalue weighted by Gasteiger charge is -2.35. The van der Waals surface area contributed by atoms with Gasteiger partial charge in [-0.15, -0.1) is 0 Å². The second-order valence-corrected chi connectivity index (χ2v) is 3.94. The summed E-state index contributed by atoms with van der Waals surface area (Å²) >= 11 is 0. The van der Waals surface area contributed by atoms with Crippen LogP contribution in [0.15, 0.2) is 0 Å². The third-order valence-corrected chi connectivity index (χ3v) is 2.17. The van der Waals surface area contributed by atoms with Crippen LogP contribution in [0.1, 0.15) is 27.7 Å². The molecule has 0 aliphatic rings. The van der Waals surface area contributed by atoms with Crippen molar-refractivity contribution in [2.24, 2.45) is 11.1 Å². The maximum atomic E-state index is 11.1. The van der Waals surface area contributed by atoms with Crippen LogP contribution in [0.5, 0.6) is 0 Å². The Morgan fingerprint density at radius 3 is 1.73 bits per heavy atom. The molecular weight excluding hydrogens is 142 g/mol. The van der Waals surface area contributed by atoms with Crippen LogP contribution in [0.3, 0.4) is 0 Å². The molecule has 0 radical (unpaired) electrons. The first-order chi connectivity index (χ1) is 4.73. The summed E-state index contributed by atoms with van der Waals surface area (Å²) in [6, 6.07) is 0. The molecule has 0 heterocycles. The van der Waals surface area contributed by atoms with E-state index in [0.29, 0.717) is 0 Å². The van der Waals surface area contributed by atoms with Gasteiger partial charge in [-0.1, -0.05) is 20.8 Å². The molecule has 0 fully saturated rings. The molecule has 2 N–H and O–H groups in total. The Bertz CT molecular complexity index is 156. The zero-order chi connectivity index (χ0) is 9.28. The predicted molar refractivity (Wildman–Crippen MR) is 44.1 cm³/mol. The lowest BCUT2D eigenvalue weighted by molar-refractivity contribution is -0.150. The van der Waals surface area contributed by atoms with Crippen molar-refractivity contribution < 1.29 is 9.53 Å². The summed E-state index contributed by atoms with van der Waals surface area (Å²) in [6.45, 7) is 7.40. The third-order valence-electron chi connectivity index (χ3n) is 2.17. The summed E-state index contributed by atoms with van der Waals surface area (Å²) in [5.74, 6) is -0.370. The highest BCUT2D eigenvalue weighted by atomic mass is 16.5. The monoisotopic (exact) mass is 159 g/mol. The lowest BCUT2D eigenvalue weighted by Crippen LogP contribution is -2.55. The molecule has 0 rings (SSSR count). The van der Waals surface area contributed by atoms with Crippen LogP contribution < -0.4 is 5.73 Å². The van der Waals surface area contributed by atoms with Gasteiger partial charge < -0.3 is 10.5 Å². The Morgan fingerprint density at radius 2 is 1.64 bits per heavy atom. The second-order valence-electron chi connectivity index (χ2n) is 3.94. The van der Waals surface area contributed by atoms with Crippen molar-refractivity contribution in [3.63, 3.8) is 0 Å². The van der Waals surface area contributed by atoms with Gasteiger partial charge in [0.15, 0.2) is 0 Å². The van der Waals surface area contributed by atoms with E-state index in [-0.39, 0.29) is 11.4 Å². The minimum atomic E-state index is -0.915. The number of ether oxygens (including phenoxy) is 1. The highest BCUT2D eigenvalue weighted by Crippen LogP contribution is 2.28. The summed E-state index contributed by atoms with van der Waals surface area (Å²) in [5.41, 5.74) is 4.58. The first-order valence-corrected chi connectivity index (χ1v) is 3.61. The molecule has 3 heteroatoms. The number of rotatable bonds is 1. The third kappa shape index (κ3) is 1.93. The second kappa shape index (κ2) is 2.81. The van der Waals surface area contributed by atoms with Gasteiger partial charge in [0, 0.05) is 0 Å². The van der Waals surface area contributed by atoms with Gasteiger partial charge in [0.2, 0.25) is 0 Å². The number of nitrogens with two attached hydrogens (primary N) is 1. The average Bonchev–Trinajstić information content (AvgIpc) is 1.83. The standard InChI is InChI=1S/C8H17NO2/c1-7(2,3)8(4,9)6(10)11-5/h9H2,1-5H3. The Balaban J connectivity index is 4.59. The van der Waals surface area contributed by atoms with Crippen molar-refractivity contribution in [2.75, 3.05) is 7.11 Å². The van der Waals surface area contributed by atoms with Crippen molar-refractivity contribution in [3.8, 4) is 0 Å². The van der Waals surface area contributed by atoms with E-state index >= 15 is 0 Å². The van der Waals surface area contributed by atoms with Gasteiger partial charge in [-0.05, 0) is 12.3 Å². The van der Waals surface area contributed by atoms with Gasteiger partial charge in [0.25, 0.3) is 0 Å². The molecule has 0 spiro atoms. The normalized spacial score (nSPS) is 17.3. The molecule has 0 saturated carbocycles. The molecule has 1 atom stereocenters. The van der Waals surface area contributed by atoms with Crippen molar-refractivity contribution in [1.29, 1.82) is 0 Å². The number of hydrogen-bond acceptors (Lipinski definition) is 3. The number of methoxy groups -OCH3 is 1. The highest BCUT2D eigenvalue weighted by Gasteiger charge is 2.41. The number of hydrogen-bond donors (Lipinski definition) is 1. The van der Waals surface area contributed by atoms with Gasteiger partial charge in [0.05, 0.1) is 7.11 Å². The Morgan fingerprint density at radius 1 is 1.27 bits per heavy atom. The quantitative estimate of drug-likeness (QED) is 0.579. The fourth-order valence-corrected chi connectivity index (χ4v) is 0.518. The highest BCUT2D eigenvalue weighted by molar-refractivity contribution is 5.80. The van der Waals surface area contributed by atoms with E-state index in [1.807, 2.05) is 20.8 Å². The Hall–Kier alpha value is -0.570. The molecule has 0 aliphatic heterocycles. The summed E-state index contributed by atoms with van der Waals surface area (Å²) in [4.78, 5) is 11.1. The number of carbonyl (C=O) groups is 1. The van der Waals surface area contributed by atoms with Crippen molar-refractivity contribution in [2.45, 2.75) is 33.2 Å². The molecule has 0 saturated heterocycles. The molecule has 0 amide bonds. The molecule has 0 aromatic rings. The van der Waals surface area contributed by atoms with Crippen LogP contribution in [0.2, 0.25) is 0 Å². The van der Waals surface area contributed by atoms with Gasteiger partial charge in [-0.3, -0.25) is 4.79 Å². The predicted octanol–water partition coefficient (Wildman–Crippen LogP) is 0.923. The summed E-state index contributed by atoms with van der Waals surface area (Å²) < 4.78 is 4.58. The Labute approximate surface area is 67.9 Å². The van der Waals surface area contributed by atoms with Crippen LogP contribution in [0.4, 0.5) is 0 Å². The zero-order valence-corrected chi connectivity index (χ0v) is 7.89. The molecular formula is C8H17NO2. The van der Waals surface area contributed by atoms with Gasteiger partial charge in [-0.2, -0.15) is 0 Å². The van der Waals surface area contributed by atoms with Gasteiger partial charge in [-0.25, -0.2) is 0 Å². The molecule has 0 aromatic carbocycles. The maximum Gasteiger partial charge on any atom is 0.326 e. The van der Waals surface area contributed by atoms with Crippen LogP contribution >= 0.6 is 0 Å². The Kier molecular flexibility index (Phi) is 2.67. The van der Waals surface area contributed by atoms with E-state index in [4.69, 9.17) is 5.73 Å². The average molecular weight is 159 g/mol. The molecule has 0 aliphatic carbocycles. The largest absolute Gasteiger partial charge is 0.468 e. The molecule has 11 heavy (non-hydrogen) atoms. The fourth-order valence-electron chi connectivity index (χ4n) is 0.518. The van der Waals surface area contributed by atoms with Crippen LogP contribution in [0, 0.1) is 5.41 Å². The van der Waals surface area contributed by atoms with Crippen LogP contribution in [0.25, 0.3) is 0 Å². The molecule has 3 nitrogen and oxygen atoms in total. The fraction of sp³-hybridized carbons (Fsp3) is 0.875. The maximum absolute atomic E-state index is 11.1. The number of esters is 1. The van der Waals surface area contributed by atoms with Gasteiger partial charge >= 0.3 is 5.97 Å². The molecule has 1 unspecified atom stereocenters. The summed E-state index contributed by atoms with van der Waals surface area (Å²) in [5, 5.41) is 0. The van der Waals surface area contributed by atoms with Gasteiger partial charge in [0.1, 0.15) is 5.54 Å². The van der Waals surface area contributed by atoms with E-state index in [1.165, 1.54) is 7.11 Å². The SMILES string of the molecule is COC(=O)C(C)(N)C(C)(C)C. The molecule has 0 bridgehead atoms. The van der Waals surface area contributed by atoms with Crippen LogP contribution in [-0.4, -0.2) is 18.6 Å². The lowest BCUT2D eigenvalue weighted by atomic mass is 9.76. The first-order valence-electron chi connectivity index (χ1n) is 3.61. The number of carbonyl (C=O) groups excluding carboxylic acids is 1. The minimum absolute atomic E-state index is 0.278. The van der Waals surface area contributed by atoms with E-state index < -0.39 is 5.54 Å². The minimum Gasteiger partial charge on any atom is -0.468 e. The summed E-state index contributed by atoms with van der Waals surface area (Å²) in [7, 11) is 1.35. The van der Waals surface area contributed by atoms with Crippen molar-refractivity contribution in [3.05, 3.63) is 0 Å². The summed E-state index contributed by atoms with van der Waals surface area (Å²) in [6.07, 6.45) is 0. The molecule has 0 aromatic heterocycles. The van der Waals surface area contributed by atoms with E-state index in [2.05, 4.69) is 4.74 Å². The van der Waals surface area contributed by atoms with E-state index in [9.17, 15) is 4.79 Å².